The molecule has 0 radical (unpaired) electrons. The fourth-order valence-electron chi connectivity index (χ4n) is 3.21. The number of terminal acetylenes is 1. The van der Waals surface area contributed by atoms with Crippen LogP contribution in [0.5, 0.6) is 0 Å². The number of amides is 2. The Labute approximate surface area is 125 Å². The van der Waals surface area contributed by atoms with Crippen molar-refractivity contribution in [2.75, 3.05) is 18.1 Å². The van der Waals surface area contributed by atoms with E-state index in [1.807, 2.05) is 6.92 Å². The normalized spacial score (nSPS) is 24.8. The predicted molar refractivity (Wildman–Crippen MR) is 81.3 cm³/mol. The monoisotopic (exact) mass is 294 g/mol. The fraction of sp³-hybridized carbons (Fsp3) is 0.733. The van der Waals surface area contributed by atoms with E-state index in [9.17, 15) is 9.59 Å². The van der Waals surface area contributed by atoms with Crippen molar-refractivity contribution in [1.82, 2.24) is 10.2 Å². The second-order valence-corrected chi connectivity index (χ2v) is 6.56. The van der Waals surface area contributed by atoms with Crippen LogP contribution in [-0.2, 0) is 9.59 Å². The standard InChI is InChI=1S/C15H22N2O2S/c1-3-10-20-11-9-17-12(4-2)13(18)16-15(14(17)19)7-5-6-8-15/h1,12H,4-11H2,2H3,(H,16,18). The molecule has 1 aliphatic heterocycles. The topological polar surface area (TPSA) is 49.4 Å². The third-order valence-electron chi connectivity index (χ3n) is 4.22. The number of hydrogen-bond donors (Lipinski definition) is 1. The molecule has 1 N–H and O–H groups in total. The molecule has 0 bridgehead atoms. The van der Waals surface area contributed by atoms with Crippen molar-refractivity contribution in [3.8, 4) is 12.3 Å². The highest BCUT2D eigenvalue weighted by Crippen LogP contribution is 2.35. The summed E-state index contributed by atoms with van der Waals surface area (Å²) in [5, 5.41) is 3.00. The lowest BCUT2D eigenvalue weighted by Crippen LogP contribution is -2.69. The minimum atomic E-state index is -0.612. The maximum absolute atomic E-state index is 12.8. The maximum atomic E-state index is 12.8. The summed E-state index contributed by atoms with van der Waals surface area (Å²) in [5.41, 5.74) is -0.612. The van der Waals surface area contributed by atoms with Crippen LogP contribution >= 0.6 is 11.8 Å². The van der Waals surface area contributed by atoms with Crippen LogP contribution < -0.4 is 5.32 Å². The molecule has 2 rings (SSSR count). The van der Waals surface area contributed by atoms with Gasteiger partial charge in [0.2, 0.25) is 11.8 Å². The average Bonchev–Trinajstić information content (AvgIpc) is 2.89. The molecule has 20 heavy (non-hydrogen) atoms. The molecule has 1 saturated heterocycles. The van der Waals surface area contributed by atoms with Crippen LogP contribution in [0.2, 0.25) is 0 Å². The van der Waals surface area contributed by atoms with Gasteiger partial charge in [0, 0.05) is 12.3 Å². The number of nitrogens with zero attached hydrogens (tertiary/aromatic N) is 1. The van der Waals surface area contributed by atoms with E-state index >= 15 is 0 Å². The van der Waals surface area contributed by atoms with Gasteiger partial charge in [0.25, 0.3) is 0 Å². The van der Waals surface area contributed by atoms with Gasteiger partial charge < -0.3 is 10.2 Å². The lowest BCUT2D eigenvalue weighted by atomic mass is 9.90. The fourth-order valence-corrected chi connectivity index (χ4v) is 3.79. The molecule has 1 spiro atoms. The van der Waals surface area contributed by atoms with E-state index in [4.69, 9.17) is 6.42 Å². The zero-order valence-corrected chi connectivity index (χ0v) is 12.8. The molecular weight excluding hydrogens is 272 g/mol. The minimum Gasteiger partial charge on any atom is -0.340 e. The first-order chi connectivity index (χ1) is 9.64. The molecule has 1 aliphatic carbocycles. The zero-order valence-electron chi connectivity index (χ0n) is 12.0. The van der Waals surface area contributed by atoms with Crippen molar-refractivity contribution >= 4 is 23.6 Å². The molecule has 2 aliphatic rings. The lowest BCUT2D eigenvalue weighted by molar-refractivity contribution is -0.154. The first-order valence-corrected chi connectivity index (χ1v) is 8.44. The Hall–Kier alpha value is -1.15. The van der Waals surface area contributed by atoms with Crippen molar-refractivity contribution < 1.29 is 9.59 Å². The highest BCUT2D eigenvalue weighted by Gasteiger charge is 2.51. The Kier molecular flexibility index (Phi) is 4.98. The van der Waals surface area contributed by atoms with Crippen LogP contribution in [0, 0.1) is 12.3 Å². The first kappa shape index (κ1) is 15.2. The van der Waals surface area contributed by atoms with Gasteiger partial charge in [0.15, 0.2) is 0 Å². The van der Waals surface area contributed by atoms with Crippen molar-refractivity contribution in [1.29, 1.82) is 0 Å². The molecule has 0 aromatic heterocycles. The SMILES string of the molecule is C#CCSCCN1C(=O)C2(CCCC2)NC(=O)C1CC. The summed E-state index contributed by atoms with van der Waals surface area (Å²) in [6, 6.07) is -0.319. The number of nitrogens with one attached hydrogen (secondary N) is 1. The van der Waals surface area contributed by atoms with E-state index in [1.54, 1.807) is 16.7 Å². The van der Waals surface area contributed by atoms with Gasteiger partial charge in [-0.25, -0.2) is 0 Å². The number of thioether (sulfide) groups is 1. The molecule has 1 unspecified atom stereocenters. The molecular formula is C15H22N2O2S. The first-order valence-electron chi connectivity index (χ1n) is 7.29. The summed E-state index contributed by atoms with van der Waals surface area (Å²) in [6.07, 6.45) is 9.48. The van der Waals surface area contributed by atoms with E-state index in [0.717, 1.165) is 31.4 Å². The Morgan fingerprint density at radius 1 is 1.45 bits per heavy atom. The van der Waals surface area contributed by atoms with E-state index in [-0.39, 0.29) is 17.9 Å². The molecule has 1 atom stereocenters. The average molecular weight is 294 g/mol. The molecule has 1 heterocycles. The van der Waals surface area contributed by atoms with E-state index in [2.05, 4.69) is 11.2 Å². The van der Waals surface area contributed by atoms with Gasteiger partial charge in [-0.05, 0) is 19.3 Å². The van der Waals surface area contributed by atoms with Crippen molar-refractivity contribution in [3.05, 3.63) is 0 Å². The highest BCUT2D eigenvalue weighted by molar-refractivity contribution is 7.99. The second-order valence-electron chi connectivity index (χ2n) is 5.46. The van der Waals surface area contributed by atoms with Gasteiger partial charge in [0.05, 0.1) is 5.75 Å². The number of rotatable bonds is 5. The summed E-state index contributed by atoms with van der Waals surface area (Å²) in [6.45, 7) is 2.56. The van der Waals surface area contributed by atoms with E-state index in [0.29, 0.717) is 18.7 Å². The summed E-state index contributed by atoms with van der Waals surface area (Å²) in [7, 11) is 0. The minimum absolute atomic E-state index is 0.0101. The molecule has 0 aromatic rings. The van der Waals surface area contributed by atoms with Gasteiger partial charge in [0.1, 0.15) is 11.6 Å². The van der Waals surface area contributed by atoms with Crippen LogP contribution in [0.3, 0.4) is 0 Å². The molecule has 110 valence electrons. The summed E-state index contributed by atoms with van der Waals surface area (Å²) < 4.78 is 0. The zero-order chi connectivity index (χ0) is 14.6. The van der Waals surface area contributed by atoms with Gasteiger partial charge in [-0.2, -0.15) is 0 Å². The summed E-state index contributed by atoms with van der Waals surface area (Å²) >= 11 is 1.63. The molecule has 0 aromatic carbocycles. The third kappa shape index (κ3) is 2.80. The summed E-state index contributed by atoms with van der Waals surface area (Å²) in [4.78, 5) is 26.9. The Morgan fingerprint density at radius 2 is 2.15 bits per heavy atom. The van der Waals surface area contributed by atoms with E-state index in [1.165, 1.54) is 0 Å². The van der Waals surface area contributed by atoms with Gasteiger partial charge in [-0.15, -0.1) is 18.2 Å². The lowest BCUT2D eigenvalue weighted by Gasteiger charge is -2.44. The second kappa shape index (κ2) is 6.53. The maximum Gasteiger partial charge on any atom is 0.249 e. The van der Waals surface area contributed by atoms with Crippen LogP contribution in [0.4, 0.5) is 0 Å². The Morgan fingerprint density at radius 3 is 2.75 bits per heavy atom. The van der Waals surface area contributed by atoms with Crippen molar-refractivity contribution in [2.45, 2.75) is 50.6 Å². The predicted octanol–water partition coefficient (Wildman–Crippen LogP) is 1.40. The Balaban J connectivity index is 2.09. The molecule has 5 heteroatoms. The Bertz CT molecular complexity index is 424. The van der Waals surface area contributed by atoms with Crippen LogP contribution in [0.15, 0.2) is 0 Å². The van der Waals surface area contributed by atoms with E-state index < -0.39 is 5.54 Å². The molecule has 2 fully saturated rings. The summed E-state index contributed by atoms with van der Waals surface area (Å²) in [5.74, 6) is 4.14. The molecule has 4 nitrogen and oxygen atoms in total. The van der Waals surface area contributed by atoms with Crippen molar-refractivity contribution in [3.63, 3.8) is 0 Å². The van der Waals surface area contributed by atoms with Crippen molar-refractivity contribution in [2.24, 2.45) is 0 Å². The third-order valence-corrected chi connectivity index (χ3v) is 5.06. The van der Waals surface area contributed by atoms with Gasteiger partial charge in [-0.1, -0.05) is 25.7 Å². The number of hydrogen-bond acceptors (Lipinski definition) is 3. The number of carbonyl (C=O) groups excluding carboxylic acids is 2. The smallest absolute Gasteiger partial charge is 0.249 e. The van der Waals surface area contributed by atoms with Crippen LogP contribution in [-0.4, -0.2) is 46.3 Å². The van der Waals surface area contributed by atoms with Gasteiger partial charge in [-0.3, -0.25) is 9.59 Å². The van der Waals surface area contributed by atoms with Crippen LogP contribution in [0.1, 0.15) is 39.0 Å². The van der Waals surface area contributed by atoms with Gasteiger partial charge >= 0.3 is 0 Å². The quantitative estimate of drug-likeness (QED) is 0.616. The molecule has 1 saturated carbocycles. The van der Waals surface area contributed by atoms with Crippen LogP contribution in [0.25, 0.3) is 0 Å². The molecule has 2 amide bonds. The number of piperazine rings is 1. The number of carbonyl (C=O) groups is 2. The largest absolute Gasteiger partial charge is 0.340 e. The highest BCUT2D eigenvalue weighted by atomic mass is 32.2.